The van der Waals surface area contributed by atoms with Crippen LogP contribution in [-0.4, -0.2) is 21.1 Å². The topological polar surface area (TPSA) is 55.4 Å². The lowest BCUT2D eigenvalue weighted by Crippen LogP contribution is -2.35. The average Bonchev–Trinajstić information content (AvgIpc) is 2.78. The number of benzene rings is 3. The third-order valence-electron chi connectivity index (χ3n) is 4.73. The van der Waals surface area contributed by atoms with Crippen LogP contribution in [0.2, 0.25) is 0 Å². The Morgan fingerprint density at radius 2 is 1.55 bits per heavy atom. The lowest BCUT2D eigenvalue weighted by Gasteiger charge is -2.17. The van der Waals surface area contributed by atoms with Crippen molar-refractivity contribution in [3.63, 3.8) is 0 Å². The Bertz CT molecular complexity index is 1100. The summed E-state index contributed by atoms with van der Waals surface area (Å²) < 4.78 is 34.3. The first-order chi connectivity index (χ1) is 15.0. The Kier molecular flexibility index (Phi) is 8.43. The minimum Gasteiger partial charge on any atom is -0.377 e. The van der Waals surface area contributed by atoms with Crippen LogP contribution in [0, 0.1) is 18.8 Å². The minimum atomic E-state index is -3.63. The zero-order valence-electron chi connectivity index (χ0n) is 17.6. The summed E-state index contributed by atoms with van der Waals surface area (Å²) in [7, 11) is -3.63. The Morgan fingerprint density at radius 1 is 0.903 bits per heavy atom. The van der Waals surface area contributed by atoms with E-state index in [0.717, 1.165) is 16.7 Å². The molecule has 160 valence electrons. The quantitative estimate of drug-likeness (QED) is 0.393. The molecule has 1 unspecified atom stereocenters. The van der Waals surface area contributed by atoms with Gasteiger partial charge in [0.25, 0.3) is 0 Å². The zero-order chi connectivity index (χ0) is 21.9. The molecule has 0 aliphatic heterocycles. The summed E-state index contributed by atoms with van der Waals surface area (Å²) in [5, 5.41) is 0. The van der Waals surface area contributed by atoms with Gasteiger partial charge in [-0.25, -0.2) is 13.1 Å². The van der Waals surface area contributed by atoms with Gasteiger partial charge in [0.15, 0.2) is 0 Å². The maximum Gasteiger partial charge on any atom is 0.240 e. The summed E-state index contributed by atoms with van der Waals surface area (Å²) in [6.45, 7) is 2.85. The van der Waals surface area contributed by atoms with Crippen molar-refractivity contribution < 1.29 is 13.2 Å². The number of hydrogen-bond donors (Lipinski definition) is 1. The van der Waals surface area contributed by atoms with Crippen LogP contribution in [0.3, 0.4) is 0 Å². The van der Waals surface area contributed by atoms with Gasteiger partial charge in [0, 0.05) is 24.6 Å². The molecule has 0 aromatic heterocycles. The first-order valence-corrected chi connectivity index (χ1v) is 11.8. The highest BCUT2D eigenvalue weighted by Gasteiger charge is 2.19. The molecule has 0 saturated carbocycles. The van der Waals surface area contributed by atoms with Gasteiger partial charge in [0.2, 0.25) is 10.0 Å². The van der Waals surface area contributed by atoms with E-state index in [4.69, 9.17) is 4.74 Å². The van der Waals surface area contributed by atoms with Gasteiger partial charge < -0.3 is 4.74 Å². The van der Waals surface area contributed by atoms with Gasteiger partial charge in [-0.15, -0.1) is 0 Å². The van der Waals surface area contributed by atoms with E-state index in [1.54, 1.807) is 24.3 Å². The molecule has 1 atom stereocenters. The Labute approximate surface area is 185 Å². The second-order valence-electron chi connectivity index (χ2n) is 7.33. The number of nitrogens with one attached hydrogen (secondary N) is 1. The van der Waals surface area contributed by atoms with Crippen LogP contribution < -0.4 is 4.72 Å². The maximum absolute atomic E-state index is 12.8. The minimum absolute atomic E-state index is 0.254. The van der Waals surface area contributed by atoms with Crippen LogP contribution in [0.15, 0.2) is 89.8 Å². The van der Waals surface area contributed by atoms with E-state index in [-0.39, 0.29) is 10.9 Å². The van der Waals surface area contributed by atoms with Gasteiger partial charge in [-0.2, -0.15) is 0 Å². The van der Waals surface area contributed by atoms with Crippen molar-refractivity contribution in [1.82, 2.24) is 4.72 Å². The van der Waals surface area contributed by atoms with Crippen molar-refractivity contribution in [2.75, 3.05) is 6.61 Å². The molecule has 0 amide bonds. The predicted octanol–water partition coefficient (Wildman–Crippen LogP) is 4.69. The molecule has 0 saturated heterocycles. The molecule has 1 N–H and O–H groups in total. The molecule has 31 heavy (non-hydrogen) atoms. The third-order valence-corrected chi connectivity index (χ3v) is 6.27. The number of aryl methyl sites for hydroxylation is 1. The Hall–Kier alpha value is -2.91. The number of ether oxygens (including phenoxy) is 1. The second-order valence-corrected chi connectivity index (χ2v) is 9.04. The Morgan fingerprint density at radius 3 is 2.23 bits per heavy atom. The summed E-state index contributed by atoms with van der Waals surface area (Å²) in [6, 6.07) is 26.0. The fourth-order valence-electron chi connectivity index (χ4n) is 3.00. The largest absolute Gasteiger partial charge is 0.377 e. The van der Waals surface area contributed by atoms with Gasteiger partial charge >= 0.3 is 0 Å². The molecule has 0 aliphatic rings. The van der Waals surface area contributed by atoms with E-state index in [2.05, 4.69) is 16.6 Å². The highest BCUT2D eigenvalue weighted by atomic mass is 32.2. The predicted molar refractivity (Wildman–Crippen MR) is 124 cm³/mol. The number of hydrogen-bond acceptors (Lipinski definition) is 3. The molecule has 0 bridgehead atoms. The first-order valence-electron chi connectivity index (χ1n) is 10.3. The van der Waals surface area contributed by atoms with Crippen molar-refractivity contribution in [1.29, 1.82) is 0 Å². The zero-order valence-corrected chi connectivity index (χ0v) is 18.4. The first kappa shape index (κ1) is 22.8. The molecule has 3 aromatic rings. The summed E-state index contributed by atoms with van der Waals surface area (Å²) in [6.07, 6.45) is 0.927. The van der Waals surface area contributed by atoms with Crippen molar-refractivity contribution in [3.05, 3.63) is 102 Å². The third kappa shape index (κ3) is 7.69. The molecule has 0 spiro atoms. The van der Waals surface area contributed by atoms with Crippen LogP contribution >= 0.6 is 0 Å². The summed E-state index contributed by atoms with van der Waals surface area (Å²) >= 11 is 0. The van der Waals surface area contributed by atoms with E-state index < -0.39 is 10.0 Å². The highest BCUT2D eigenvalue weighted by molar-refractivity contribution is 7.89. The highest BCUT2D eigenvalue weighted by Crippen LogP contribution is 2.13. The van der Waals surface area contributed by atoms with Crippen LogP contribution in [0.5, 0.6) is 0 Å². The molecule has 4 nitrogen and oxygen atoms in total. The number of rotatable bonds is 9. The molecule has 3 aromatic carbocycles. The second kappa shape index (κ2) is 11.5. The average molecular weight is 434 g/mol. The Balaban J connectivity index is 1.64. The fraction of sp³-hybridized carbons (Fsp3) is 0.231. The molecule has 5 heteroatoms. The van der Waals surface area contributed by atoms with Crippen molar-refractivity contribution in [3.8, 4) is 11.8 Å². The van der Waals surface area contributed by atoms with Gasteiger partial charge in [-0.3, -0.25) is 0 Å². The standard InChI is InChI=1S/C26H27NO3S/c1-22-15-17-26(18-16-22)31(28,29)27-25(14-8-13-23-9-4-2-5-10-23)19-20-30-21-24-11-6-3-7-12-24/h2-7,9-12,15-18,25,27H,14,19-21H2,1H3. The van der Waals surface area contributed by atoms with E-state index in [1.165, 1.54) is 0 Å². The van der Waals surface area contributed by atoms with E-state index in [0.29, 0.717) is 26.1 Å². The van der Waals surface area contributed by atoms with Gasteiger partial charge in [-0.1, -0.05) is 78.1 Å². The lowest BCUT2D eigenvalue weighted by molar-refractivity contribution is 0.113. The van der Waals surface area contributed by atoms with Crippen LogP contribution in [0.4, 0.5) is 0 Å². The van der Waals surface area contributed by atoms with E-state index in [1.807, 2.05) is 67.6 Å². The molecule has 0 fully saturated rings. The molecular formula is C26H27NO3S. The summed E-state index contributed by atoms with van der Waals surface area (Å²) in [4.78, 5) is 0.254. The monoisotopic (exact) mass is 433 g/mol. The van der Waals surface area contributed by atoms with Crippen LogP contribution in [0.1, 0.15) is 29.5 Å². The van der Waals surface area contributed by atoms with Crippen LogP contribution in [-0.2, 0) is 21.4 Å². The summed E-state index contributed by atoms with van der Waals surface area (Å²) in [5.74, 6) is 6.21. The smallest absolute Gasteiger partial charge is 0.240 e. The van der Waals surface area contributed by atoms with Crippen molar-refractivity contribution in [2.24, 2.45) is 0 Å². The van der Waals surface area contributed by atoms with Gasteiger partial charge in [0.05, 0.1) is 11.5 Å². The molecule has 0 aliphatic carbocycles. The van der Waals surface area contributed by atoms with E-state index >= 15 is 0 Å². The van der Waals surface area contributed by atoms with Crippen molar-refractivity contribution >= 4 is 10.0 Å². The van der Waals surface area contributed by atoms with Gasteiger partial charge in [-0.05, 0) is 43.2 Å². The molecule has 0 heterocycles. The summed E-state index contributed by atoms with van der Waals surface area (Å²) in [5.41, 5.74) is 3.00. The maximum atomic E-state index is 12.8. The molecule has 3 rings (SSSR count). The van der Waals surface area contributed by atoms with Crippen molar-refractivity contribution in [2.45, 2.75) is 37.3 Å². The lowest BCUT2D eigenvalue weighted by atomic mass is 10.1. The van der Waals surface area contributed by atoms with Gasteiger partial charge in [0.1, 0.15) is 0 Å². The fourth-order valence-corrected chi connectivity index (χ4v) is 4.27. The molecular weight excluding hydrogens is 406 g/mol. The number of sulfonamides is 1. The SMILES string of the molecule is Cc1ccc(S(=O)(=O)NC(CC#Cc2ccccc2)CCOCc2ccccc2)cc1. The normalized spacial score (nSPS) is 12.0. The van der Waals surface area contributed by atoms with Crippen LogP contribution in [0.25, 0.3) is 0 Å². The molecule has 0 radical (unpaired) electrons. The van der Waals surface area contributed by atoms with E-state index in [9.17, 15) is 8.42 Å².